The first-order valence-electron chi connectivity index (χ1n) is 5.48. The van der Waals surface area contributed by atoms with E-state index in [2.05, 4.69) is 15.9 Å². The third-order valence-electron chi connectivity index (χ3n) is 2.52. The molecule has 0 unspecified atom stereocenters. The van der Waals surface area contributed by atoms with E-state index in [1.54, 1.807) is 12.1 Å². The molecule has 0 saturated heterocycles. The quantitative estimate of drug-likeness (QED) is 0.397. The van der Waals surface area contributed by atoms with E-state index in [1.165, 1.54) is 18.2 Å². The molecule has 2 aromatic rings. The number of alkyl halides is 1. The number of hydrogen-bond acceptors (Lipinski definition) is 3. The van der Waals surface area contributed by atoms with Gasteiger partial charge in [0, 0.05) is 28.0 Å². The van der Waals surface area contributed by atoms with Gasteiger partial charge >= 0.3 is 5.69 Å². The molecule has 0 spiro atoms. The Morgan fingerprint density at radius 2 is 2.00 bits per heavy atom. The lowest BCUT2D eigenvalue weighted by Crippen LogP contribution is -1.96. The predicted molar refractivity (Wildman–Crippen MR) is 82.3 cm³/mol. The molecule has 0 bridgehead atoms. The van der Waals surface area contributed by atoms with Crippen LogP contribution in [-0.4, -0.2) is 4.92 Å². The van der Waals surface area contributed by atoms with Crippen LogP contribution in [0.15, 0.2) is 36.4 Å². The molecule has 0 aliphatic carbocycles. The van der Waals surface area contributed by atoms with Crippen LogP contribution in [0.1, 0.15) is 5.56 Å². The maximum atomic E-state index is 11.0. The molecule has 0 aromatic heterocycles. The van der Waals surface area contributed by atoms with Crippen LogP contribution in [0.3, 0.4) is 0 Å². The van der Waals surface area contributed by atoms with E-state index in [1.807, 2.05) is 6.07 Å². The maximum absolute atomic E-state index is 11.0. The van der Waals surface area contributed by atoms with E-state index in [-0.39, 0.29) is 11.4 Å². The van der Waals surface area contributed by atoms with Gasteiger partial charge in [-0.05, 0) is 12.1 Å². The minimum atomic E-state index is -0.531. The lowest BCUT2D eigenvalue weighted by atomic mass is 10.2. The third-order valence-corrected chi connectivity index (χ3v) is 3.66. The zero-order chi connectivity index (χ0) is 14.7. The number of nitrogens with zero attached hydrogens (tertiary/aromatic N) is 1. The third kappa shape index (κ3) is 3.23. The van der Waals surface area contributed by atoms with Gasteiger partial charge < -0.3 is 4.74 Å². The van der Waals surface area contributed by atoms with Crippen molar-refractivity contribution in [1.82, 2.24) is 0 Å². The number of nitro groups is 1. The number of rotatable bonds is 4. The monoisotopic (exact) mass is 375 g/mol. The topological polar surface area (TPSA) is 52.4 Å². The molecule has 0 heterocycles. The van der Waals surface area contributed by atoms with Crippen molar-refractivity contribution in [2.24, 2.45) is 0 Å². The summed E-state index contributed by atoms with van der Waals surface area (Å²) in [6.45, 7) is 0. The highest BCUT2D eigenvalue weighted by atomic mass is 79.9. The predicted octanol–water partition coefficient (Wildman–Crippen LogP) is 5.59. The van der Waals surface area contributed by atoms with Crippen LogP contribution in [0.2, 0.25) is 10.0 Å². The van der Waals surface area contributed by atoms with E-state index in [0.717, 1.165) is 5.56 Å². The first-order chi connectivity index (χ1) is 9.52. The minimum Gasteiger partial charge on any atom is -0.448 e. The minimum absolute atomic E-state index is 0.0535. The summed E-state index contributed by atoms with van der Waals surface area (Å²) in [4.78, 5) is 10.5. The maximum Gasteiger partial charge on any atom is 0.311 e. The molecule has 7 heteroatoms. The van der Waals surface area contributed by atoms with Crippen LogP contribution in [-0.2, 0) is 5.33 Å². The van der Waals surface area contributed by atoms with Gasteiger partial charge in [0.05, 0.1) is 9.95 Å². The number of para-hydroxylation sites is 1. The Morgan fingerprint density at radius 1 is 1.25 bits per heavy atom. The zero-order valence-corrected chi connectivity index (χ0v) is 13.1. The lowest BCUT2D eigenvalue weighted by molar-refractivity contribution is -0.385. The Hall–Kier alpha value is -1.30. The normalized spacial score (nSPS) is 10.3. The van der Waals surface area contributed by atoms with Crippen LogP contribution in [0.4, 0.5) is 5.69 Å². The van der Waals surface area contributed by atoms with Crippen LogP contribution in [0.25, 0.3) is 0 Å². The first kappa shape index (κ1) is 15.1. The highest BCUT2D eigenvalue weighted by Crippen LogP contribution is 2.39. The average molecular weight is 377 g/mol. The molecule has 0 aliphatic heterocycles. The Kier molecular flexibility index (Phi) is 4.86. The van der Waals surface area contributed by atoms with Gasteiger partial charge in [-0.25, -0.2) is 0 Å². The number of nitro benzene ring substituents is 1. The second kappa shape index (κ2) is 6.43. The van der Waals surface area contributed by atoms with Crippen molar-refractivity contribution >= 4 is 44.8 Å². The van der Waals surface area contributed by atoms with Gasteiger partial charge in [0.1, 0.15) is 5.75 Å². The highest BCUT2D eigenvalue weighted by Gasteiger charge is 2.18. The van der Waals surface area contributed by atoms with Crippen LogP contribution in [0.5, 0.6) is 11.5 Å². The summed E-state index contributed by atoms with van der Waals surface area (Å²) < 4.78 is 5.62. The summed E-state index contributed by atoms with van der Waals surface area (Å²) in [5.74, 6) is 0.425. The van der Waals surface area contributed by atoms with Gasteiger partial charge in [-0.3, -0.25) is 10.1 Å². The SMILES string of the molecule is O=[N+]([O-])c1ccc(Cl)cc1Oc1c(Cl)cccc1CBr. The highest BCUT2D eigenvalue weighted by molar-refractivity contribution is 9.08. The fraction of sp³-hybridized carbons (Fsp3) is 0.0769. The molecule has 0 aliphatic rings. The second-order valence-electron chi connectivity index (χ2n) is 3.83. The van der Waals surface area contributed by atoms with Crippen molar-refractivity contribution in [2.45, 2.75) is 5.33 Å². The molecule has 0 radical (unpaired) electrons. The van der Waals surface area contributed by atoms with Crippen LogP contribution in [0, 0.1) is 10.1 Å². The molecule has 20 heavy (non-hydrogen) atoms. The van der Waals surface area contributed by atoms with E-state index in [9.17, 15) is 10.1 Å². The number of halogens is 3. The molecule has 0 amide bonds. The summed E-state index contributed by atoms with van der Waals surface area (Å²) in [6, 6.07) is 9.36. The Labute approximate surface area is 133 Å². The van der Waals surface area contributed by atoms with Crippen molar-refractivity contribution in [2.75, 3.05) is 0 Å². The summed E-state index contributed by atoms with van der Waals surface area (Å²) in [7, 11) is 0. The first-order valence-corrected chi connectivity index (χ1v) is 7.36. The summed E-state index contributed by atoms with van der Waals surface area (Å²) in [5.41, 5.74) is 0.613. The molecular formula is C13H8BrCl2NO3. The standard InChI is InChI=1S/C13H8BrCl2NO3/c14-7-8-2-1-3-10(16)13(8)20-12-6-9(15)4-5-11(12)17(18)19/h1-6H,7H2. The van der Waals surface area contributed by atoms with E-state index >= 15 is 0 Å². The molecule has 0 saturated carbocycles. The van der Waals surface area contributed by atoms with Gasteiger partial charge in [0.15, 0.2) is 0 Å². The summed E-state index contributed by atoms with van der Waals surface area (Å²) in [5, 5.41) is 12.2. The molecule has 0 fully saturated rings. The van der Waals surface area contributed by atoms with E-state index in [4.69, 9.17) is 27.9 Å². The van der Waals surface area contributed by atoms with Crippen LogP contribution < -0.4 is 4.74 Å². The van der Waals surface area contributed by atoms with Gasteiger partial charge in [-0.2, -0.15) is 0 Å². The summed E-state index contributed by atoms with van der Waals surface area (Å²) in [6.07, 6.45) is 0. The second-order valence-corrected chi connectivity index (χ2v) is 5.24. The fourth-order valence-corrected chi connectivity index (χ4v) is 2.44. The molecular weight excluding hydrogens is 369 g/mol. The van der Waals surface area contributed by atoms with Crippen molar-refractivity contribution in [3.8, 4) is 11.5 Å². The average Bonchev–Trinajstić information content (AvgIpc) is 2.40. The molecule has 0 N–H and O–H groups in total. The van der Waals surface area contributed by atoms with Gasteiger partial charge in [0.25, 0.3) is 0 Å². The lowest BCUT2D eigenvalue weighted by Gasteiger charge is -2.11. The molecule has 4 nitrogen and oxygen atoms in total. The largest absolute Gasteiger partial charge is 0.448 e. The molecule has 2 aromatic carbocycles. The van der Waals surface area contributed by atoms with E-state index < -0.39 is 4.92 Å². The van der Waals surface area contributed by atoms with Gasteiger partial charge in [-0.15, -0.1) is 0 Å². The van der Waals surface area contributed by atoms with Crippen LogP contribution >= 0.6 is 39.1 Å². The number of ether oxygens (including phenoxy) is 1. The fourth-order valence-electron chi connectivity index (χ4n) is 1.60. The van der Waals surface area contributed by atoms with Gasteiger partial charge in [-0.1, -0.05) is 51.3 Å². The Balaban J connectivity index is 2.50. The number of benzene rings is 2. The molecule has 2 rings (SSSR count). The Bertz CT molecular complexity index is 664. The van der Waals surface area contributed by atoms with Gasteiger partial charge in [0.2, 0.25) is 5.75 Å². The zero-order valence-electron chi connectivity index (χ0n) is 9.98. The van der Waals surface area contributed by atoms with Crippen molar-refractivity contribution < 1.29 is 9.66 Å². The number of hydrogen-bond donors (Lipinski definition) is 0. The van der Waals surface area contributed by atoms with Crippen molar-refractivity contribution in [3.05, 3.63) is 62.1 Å². The van der Waals surface area contributed by atoms with E-state index in [0.29, 0.717) is 21.1 Å². The Morgan fingerprint density at radius 3 is 2.65 bits per heavy atom. The molecule has 104 valence electrons. The summed E-state index contributed by atoms with van der Waals surface area (Å²) >= 11 is 15.3. The van der Waals surface area contributed by atoms with Crippen molar-refractivity contribution in [1.29, 1.82) is 0 Å². The molecule has 0 atom stereocenters. The smallest absolute Gasteiger partial charge is 0.311 e. The van der Waals surface area contributed by atoms with Crippen molar-refractivity contribution in [3.63, 3.8) is 0 Å².